The molecule has 0 radical (unpaired) electrons. The predicted molar refractivity (Wildman–Crippen MR) is 232 cm³/mol. The average molecular weight is 722 g/mol. The van der Waals surface area contributed by atoms with Crippen LogP contribution in [0.5, 0.6) is 0 Å². The van der Waals surface area contributed by atoms with Crippen LogP contribution in [0, 0.1) is 24.7 Å². The molecule has 0 amide bonds. The lowest BCUT2D eigenvalue weighted by Crippen LogP contribution is -2.11. The summed E-state index contributed by atoms with van der Waals surface area (Å²) in [5.41, 5.74) is 27.9. The van der Waals surface area contributed by atoms with E-state index < -0.39 is 0 Å². The molecule has 8 aromatic rings. The molecule has 274 valence electrons. The van der Waals surface area contributed by atoms with Crippen molar-refractivity contribution in [3.8, 4) is 11.1 Å². The van der Waals surface area contributed by atoms with Gasteiger partial charge in [0.2, 0.25) is 0 Å². The minimum absolute atomic E-state index is 0.0184. The Morgan fingerprint density at radius 2 is 1.13 bits per heavy atom. The first-order valence-electron chi connectivity index (χ1n) is 18.0. The van der Waals surface area contributed by atoms with Gasteiger partial charge < -0.3 is 27.0 Å². The zero-order valence-electron chi connectivity index (χ0n) is 31.2. The summed E-state index contributed by atoms with van der Waals surface area (Å²) < 4.78 is 6.02. The summed E-state index contributed by atoms with van der Waals surface area (Å²) in [6, 6.07) is 59.7. The SMILES string of the molecule is Cc1cccc(-c2ccc(C(=N)N)c3oc4ccccc4c23)c1.Cc1ccccc1.N=C(/C=C(\N)c1ccccc1)c1ccccc1.NCc1ccccc1. The standard InChI is InChI=1S/C20H16N2O.C15H14N2.C7H9N.C7H8/c1-12-5-4-6-13(11-12)14-9-10-16(20(21)22)19-18(14)15-7-2-3-8-17(15)23-19;16-14(12-7-3-1-4-8-12)11-15(17)13-9-5-2-6-10-13;8-6-7-4-2-1-3-5-7;1-7-5-3-2-4-6-7/h2-11H,1H3,(H3,21,22);1-11,16H,17H2;1-5H,6,8H2;2-6H,1H3/b;15-11-,16-14?;;. The van der Waals surface area contributed by atoms with Gasteiger partial charge in [-0.25, -0.2) is 0 Å². The molecule has 0 fully saturated rings. The van der Waals surface area contributed by atoms with Gasteiger partial charge >= 0.3 is 0 Å². The van der Waals surface area contributed by atoms with Crippen LogP contribution < -0.4 is 17.2 Å². The van der Waals surface area contributed by atoms with Crippen molar-refractivity contribution in [1.29, 1.82) is 10.8 Å². The number of hydrogen-bond donors (Lipinski definition) is 5. The third-order valence-corrected chi connectivity index (χ3v) is 8.66. The minimum Gasteiger partial charge on any atom is -0.455 e. The zero-order chi connectivity index (χ0) is 39.0. The van der Waals surface area contributed by atoms with Crippen LogP contribution in [-0.4, -0.2) is 11.5 Å². The topological polar surface area (TPSA) is 139 Å². The molecule has 6 nitrogen and oxygen atoms in total. The fraction of sp³-hybridized carbons (Fsp3) is 0.0612. The Balaban J connectivity index is 0.000000158. The molecule has 0 saturated heterocycles. The monoisotopic (exact) mass is 721 g/mol. The molecule has 1 heterocycles. The summed E-state index contributed by atoms with van der Waals surface area (Å²) in [6.07, 6.45) is 1.69. The Hall–Kier alpha value is -7.02. The molecule has 0 saturated carbocycles. The van der Waals surface area contributed by atoms with Crippen molar-refractivity contribution in [2.24, 2.45) is 17.2 Å². The summed E-state index contributed by atoms with van der Waals surface area (Å²) in [7, 11) is 0. The van der Waals surface area contributed by atoms with Crippen molar-refractivity contribution in [3.63, 3.8) is 0 Å². The van der Waals surface area contributed by atoms with Crippen LogP contribution in [-0.2, 0) is 6.54 Å². The number of benzene rings is 7. The Morgan fingerprint density at radius 1 is 0.582 bits per heavy atom. The third kappa shape index (κ3) is 11.0. The van der Waals surface area contributed by atoms with Crippen molar-refractivity contribution < 1.29 is 4.42 Å². The van der Waals surface area contributed by atoms with Crippen LogP contribution in [0.4, 0.5) is 0 Å². The highest BCUT2D eigenvalue weighted by Gasteiger charge is 2.17. The average Bonchev–Trinajstić information content (AvgIpc) is 3.62. The summed E-state index contributed by atoms with van der Waals surface area (Å²) in [6.45, 7) is 4.80. The van der Waals surface area contributed by atoms with E-state index in [1.165, 1.54) is 16.7 Å². The van der Waals surface area contributed by atoms with E-state index in [-0.39, 0.29) is 5.84 Å². The van der Waals surface area contributed by atoms with Gasteiger partial charge in [0.15, 0.2) is 0 Å². The second-order valence-corrected chi connectivity index (χ2v) is 12.8. The van der Waals surface area contributed by atoms with Crippen molar-refractivity contribution >= 4 is 39.2 Å². The number of fused-ring (bicyclic) bond motifs is 3. The summed E-state index contributed by atoms with van der Waals surface area (Å²) >= 11 is 0. The molecule has 0 bridgehead atoms. The molecule has 0 aliphatic heterocycles. The Bertz CT molecular complexity index is 2470. The summed E-state index contributed by atoms with van der Waals surface area (Å²) in [4.78, 5) is 0. The summed E-state index contributed by atoms with van der Waals surface area (Å²) in [5.74, 6) is 0.0184. The van der Waals surface area contributed by atoms with E-state index in [0.29, 0.717) is 29.1 Å². The van der Waals surface area contributed by atoms with Crippen LogP contribution in [0.1, 0.15) is 33.4 Å². The number of furan rings is 1. The van der Waals surface area contributed by atoms with Crippen LogP contribution in [0.25, 0.3) is 38.8 Å². The van der Waals surface area contributed by atoms with Crippen molar-refractivity contribution in [2.75, 3.05) is 0 Å². The first kappa shape index (κ1) is 39.2. The number of nitrogens with one attached hydrogen (secondary N) is 2. The van der Waals surface area contributed by atoms with Crippen molar-refractivity contribution in [3.05, 3.63) is 221 Å². The number of rotatable bonds is 6. The smallest absolute Gasteiger partial charge is 0.146 e. The van der Waals surface area contributed by atoms with Crippen molar-refractivity contribution in [1.82, 2.24) is 0 Å². The van der Waals surface area contributed by atoms with E-state index in [4.69, 9.17) is 32.4 Å². The van der Waals surface area contributed by atoms with Gasteiger partial charge in [0.05, 0.1) is 11.3 Å². The number of amidine groups is 1. The second kappa shape index (κ2) is 19.7. The van der Waals surface area contributed by atoms with Crippen molar-refractivity contribution in [2.45, 2.75) is 20.4 Å². The number of nitrogen functional groups attached to an aromatic ring is 1. The Labute approximate surface area is 323 Å². The van der Waals surface area contributed by atoms with E-state index in [2.05, 4.69) is 50.2 Å². The maximum atomic E-state index is 7.95. The van der Waals surface area contributed by atoms with Crippen LogP contribution >= 0.6 is 0 Å². The first-order chi connectivity index (χ1) is 26.7. The maximum Gasteiger partial charge on any atom is 0.146 e. The predicted octanol–water partition coefficient (Wildman–Crippen LogP) is 11.0. The summed E-state index contributed by atoms with van der Waals surface area (Å²) in [5, 5.41) is 17.8. The van der Waals surface area contributed by atoms with Crippen LogP contribution in [0.3, 0.4) is 0 Å². The zero-order valence-corrected chi connectivity index (χ0v) is 31.2. The number of para-hydroxylation sites is 1. The normalized spacial score (nSPS) is 10.6. The molecule has 0 aliphatic rings. The van der Waals surface area contributed by atoms with Gasteiger partial charge in [0.1, 0.15) is 17.0 Å². The first-order valence-corrected chi connectivity index (χ1v) is 18.0. The van der Waals surface area contributed by atoms with E-state index >= 15 is 0 Å². The highest BCUT2D eigenvalue weighted by Crippen LogP contribution is 2.38. The number of allylic oxidation sites excluding steroid dienone is 1. The van der Waals surface area contributed by atoms with Gasteiger partial charge in [-0.2, -0.15) is 0 Å². The molecule has 8 N–H and O–H groups in total. The van der Waals surface area contributed by atoms with Gasteiger partial charge in [0.25, 0.3) is 0 Å². The molecule has 8 rings (SSSR count). The Morgan fingerprint density at radius 3 is 1.67 bits per heavy atom. The lowest BCUT2D eigenvalue weighted by atomic mass is 9.96. The molecule has 0 spiro atoms. The van der Waals surface area contributed by atoms with E-state index in [1.807, 2.05) is 146 Å². The number of nitrogens with two attached hydrogens (primary N) is 3. The number of aryl methyl sites for hydroxylation is 2. The fourth-order valence-corrected chi connectivity index (χ4v) is 5.81. The minimum atomic E-state index is 0.0184. The molecule has 0 atom stereocenters. The molecule has 55 heavy (non-hydrogen) atoms. The molecule has 7 aromatic carbocycles. The van der Waals surface area contributed by atoms with Gasteiger partial charge in [-0.1, -0.05) is 181 Å². The van der Waals surface area contributed by atoms with E-state index in [1.54, 1.807) is 6.08 Å². The lowest BCUT2D eigenvalue weighted by Gasteiger charge is -2.07. The third-order valence-electron chi connectivity index (χ3n) is 8.66. The molecular formula is C49H47N5O. The van der Waals surface area contributed by atoms with Gasteiger partial charge in [-0.3, -0.25) is 5.41 Å². The van der Waals surface area contributed by atoms with E-state index in [9.17, 15) is 0 Å². The lowest BCUT2D eigenvalue weighted by molar-refractivity contribution is 0.668. The molecule has 0 unspecified atom stereocenters. The highest BCUT2D eigenvalue weighted by molar-refractivity contribution is 6.18. The van der Waals surface area contributed by atoms with Gasteiger partial charge in [0, 0.05) is 23.0 Å². The molecular weight excluding hydrogens is 675 g/mol. The molecule has 6 heteroatoms. The second-order valence-electron chi connectivity index (χ2n) is 12.8. The largest absolute Gasteiger partial charge is 0.455 e. The van der Waals surface area contributed by atoms with Crippen LogP contribution in [0.15, 0.2) is 192 Å². The van der Waals surface area contributed by atoms with Gasteiger partial charge in [-0.05, 0) is 59.9 Å². The van der Waals surface area contributed by atoms with E-state index in [0.717, 1.165) is 38.6 Å². The quantitative estimate of drug-likeness (QED) is 0.0861. The van der Waals surface area contributed by atoms with Gasteiger partial charge in [-0.15, -0.1) is 0 Å². The maximum absolute atomic E-state index is 7.95. The number of hydrogen-bond acceptors (Lipinski definition) is 5. The molecule has 1 aromatic heterocycles. The molecule has 0 aliphatic carbocycles. The Kier molecular flexibility index (Phi) is 14.0. The fourth-order valence-electron chi connectivity index (χ4n) is 5.81. The highest BCUT2D eigenvalue weighted by atomic mass is 16.3. The van der Waals surface area contributed by atoms with Crippen LogP contribution in [0.2, 0.25) is 0 Å².